The highest BCUT2D eigenvalue weighted by Crippen LogP contribution is 2.34. The summed E-state index contributed by atoms with van der Waals surface area (Å²) in [4.78, 5) is 29.3. The van der Waals surface area contributed by atoms with Crippen LogP contribution in [0.4, 0.5) is 13.2 Å². The van der Waals surface area contributed by atoms with Crippen LogP contribution in [-0.2, 0) is 6.18 Å². The minimum atomic E-state index is -4.58. The van der Waals surface area contributed by atoms with Gasteiger partial charge in [0.25, 0.3) is 11.5 Å². The summed E-state index contributed by atoms with van der Waals surface area (Å²) >= 11 is 1.19. The van der Waals surface area contributed by atoms with Crippen LogP contribution in [0.1, 0.15) is 29.3 Å². The lowest BCUT2D eigenvalue weighted by Gasteiger charge is -2.13. The number of nitrogens with one attached hydrogen (secondary N) is 1. The predicted octanol–water partition coefficient (Wildman–Crippen LogP) is 3.58. The van der Waals surface area contributed by atoms with Gasteiger partial charge < -0.3 is 5.32 Å². The Morgan fingerprint density at radius 2 is 2.12 bits per heavy atom. The highest BCUT2D eigenvalue weighted by Gasteiger charge is 2.32. The average molecular weight is 381 g/mol. The molecular formula is C17H14F3N3O2S. The number of carbonyl (C=O) groups is 1. The van der Waals surface area contributed by atoms with Gasteiger partial charge in [-0.25, -0.2) is 4.98 Å². The topological polar surface area (TPSA) is 63.5 Å². The molecule has 0 aliphatic rings. The number of hydrogen-bond donors (Lipinski definition) is 1. The largest absolute Gasteiger partial charge is 0.416 e. The van der Waals surface area contributed by atoms with E-state index in [0.29, 0.717) is 17.8 Å². The molecule has 5 nitrogen and oxygen atoms in total. The van der Waals surface area contributed by atoms with Gasteiger partial charge in [0.1, 0.15) is 11.2 Å². The minimum absolute atomic E-state index is 0.0486. The molecule has 3 aromatic rings. The number of nitrogens with zero attached hydrogens (tertiary/aromatic N) is 2. The van der Waals surface area contributed by atoms with E-state index in [4.69, 9.17) is 0 Å². The van der Waals surface area contributed by atoms with Gasteiger partial charge in [-0.15, -0.1) is 11.3 Å². The van der Waals surface area contributed by atoms with Crippen molar-refractivity contribution < 1.29 is 18.0 Å². The Bertz CT molecular complexity index is 1010. The first kappa shape index (κ1) is 18.1. The first-order chi connectivity index (χ1) is 12.3. The predicted molar refractivity (Wildman–Crippen MR) is 92.4 cm³/mol. The van der Waals surface area contributed by atoms with E-state index in [9.17, 15) is 22.8 Å². The lowest BCUT2D eigenvalue weighted by Crippen LogP contribution is -2.32. The van der Waals surface area contributed by atoms with Gasteiger partial charge >= 0.3 is 6.18 Å². The Kier molecular flexibility index (Phi) is 4.82. The molecule has 0 aliphatic carbocycles. The fraction of sp³-hybridized carbons (Fsp3) is 0.235. The second kappa shape index (κ2) is 6.91. The van der Waals surface area contributed by atoms with Crippen molar-refractivity contribution in [2.75, 3.05) is 6.54 Å². The van der Waals surface area contributed by atoms with Crippen LogP contribution in [0.15, 0.2) is 40.6 Å². The second-order valence-electron chi connectivity index (χ2n) is 5.53. The fourth-order valence-electron chi connectivity index (χ4n) is 2.45. The van der Waals surface area contributed by atoms with E-state index in [0.717, 1.165) is 22.7 Å². The van der Waals surface area contributed by atoms with Crippen molar-refractivity contribution in [3.63, 3.8) is 0 Å². The minimum Gasteiger partial charge on any atom is -0.352 e. The number of rotatable bonds is 4. The summed E-state index contributed by atoms with van der Waals surface area (Å²) in [5.41, 5.74) is -1.95. The summed E-state index contributed by atoms with van der Waals surface area (Å²) in [6, 6.07) is 4.97. The maximum absolute atomic E-state index is 13.2. The van der Waals surface area contributed by atoms with Crippen molar-refractivity contribution in [2.24, 2.45) is 0 Å². The van der Waals surface area contributed by atoms with E-state index < -0.39 is 23.2 Å². The first-order valence-electron chi connectivity index (χ1n) is 7.78. The third-order valence-corrected chi connectivity index (χ3v) is 4.58. The molecule has 0 bridgehead atoms. The molecule has 3 rings (SSSR count). The molecule has 9 heteroatoms. The molecule has 0 aliphatic heterocycles. The molecular weight excluding hydrogens is 367 g/mol. The molecule has 0 unspecified atom stereocenters. The van der Waals surface area contributed by atoms with Gasteiger partial charge in [-0.1, -0.05) is 13.0 Å². The number of alkyl halides is 3. The van der Waals surface area contributed by atoms with Gasteiger partial charge in [0.05, 0.1) is 16.1 Å². The summed E-state index contributed by atoms with van der Waals surface area (Å²) < 4.78 is 40.7. The molecule has 3 heterocycles. The Labute approximate surface area is 150 Å². The van der Waals surface area contributed by atoms with Crippen LogP contribution in [-0.4, -0.2) is 21.8 Å². The van der Waals surface area contributed by atoms with E-state index in [1.54, 1.807) is 17.5 Å². The molecule has 0 aromatic carbocycles. The Hall–Kier alpha value is -2.68. The second-order valence-corrected chi connectivity index (χ2v) is 6.48. The molecule has 3 aromatic heterocycles. The van der Waals surface area contributed by atoms with Gasteiger partial charge in [0.2, 0.25) is 0 Å². The van der Waals surface area contributed by atoms with Gasteiger partial charge in [-0.05, 0) is 30.0 Å². The Morgan fingerprint density at radius 3 is 2.73 bits per heavy atom. The molecule has 0 atom stereocenters. The summed E-state index contributed by atoms with van der Waals surface area (Å²) in [7, 11) is 0. The summed E-state index contributed by atoms with van der Waals surface area (Å²) in [6.07, 6.45) is -2.88. The molecule has 26 heavy (non-hydrogen) atoms. The number of aromatic nitrogens is 2. The SMILES string of the molecule is CCCNC(=O)c1cnc2cc(C(F)(F)F)cc(-c3cccs3)n2c1=O. The lowest BCUT2D eigenvalue weighted by molar-refractivity contribution is -0.137. The number of amides is 1. The lowest BCUT2D eigenvalue weighted by atomic mass is 10.1. The van der Waals surface area contributed by atoms with E-state index in [2.05, 4.69) is 10.3 Å². The summed E-state index contributed by atoms with van der Waals surface area (Å²) in [5.74, 6) is -0.601. The molecule has 0 saturated heterocycles. The first-order valence-corrected chi connectivity index (χ1v) is 8.66. The summed E-state index contributed by atoms with van der Waals surface area (Å²) in [6.45, 7) is 2.24. The number of fused-ring (bicyclic) bond motifs is 1. The third-order valence-electron chi connectivity index (χ3n) is 3.69. The molecule has 1 amide bonds. The smallest absolute Gasteiger partial charge is 0.352 e. The van der Waals surface area contributed by atoms with Gasteiger partial charge in [0, 0.05) is 12.7 Å². The molecule has 0 fully saturated rings. The van der Waals surface area contributed by atoms with E-state index in [-0.39, 0.29) is 16.9 Å². The highest BCUT2D eigenvalue weighted by atomic mass is 32.1. The molecule has 0 spiro atoms. The number of pyridine rings is 1. The van der Waals surface area contributed by atoms with Crippen molar-refractivity contribution in [3.05, 3.63) is 57.3 Å². The van der Waals surface area contributed by atoms with Gasteiger partial charge in [0.15, 0.2) is 0 Å². The maximum atomic E-state index is 13.2. The number of hydrogen-bond acceptors (Lipinski definition) is 4. The van der Waals surface area contributed by atoms with Crippen LogP contribution in [0.25, 0.3) is 16.2 Å². The van der Waals surface area contributed by atoms with Crippen molar-refractivity contribution >= 4 is 22.9 Å². The van der Waals surface area contributed by atoms with Gasteiger partial charge in [-0.3, -0.25) is 14.0 Å². The molecule has 1 N–H and O–H groups in total. The highest BCUT2D eigenvalue weighted by molar-refractivity contribution is 7.13. The van der Waals surface area contributed by atoms with Crippen molar-refractivity contribution in [1.82, 2.24) is 14.7 Å². The third kappa shape index (κ3) is 3.34. The van der Waals surface area contributed by atoms with Crippen molar-refractivity contribution in [3.8, 4) is 10.6 Å². The maximum Gasteiger partial charge on any atom is 0.416 e. The van der Waals surface area contributed by atoms with E-state index >= 15 is 0 Å². The Balaban J connectivity index is 2.29. The zero-order chi connectivity index (χ0) is 18.9. The zero-order valence-electron chi connectivity index (χ0n) is 13.6. The van der Waals surface area contributed by atoms with Crippen molar-refractivity contribution in [1.29, 1.82) is 0 Å². The van der Waals surface area contributed by atoms with Crippen LogP contribution in [0.5, 0.6) is 0 Å². The number of carbonyl (C=O) groups excluding carboxylic acids is 1. The number of halogens is 3. The van der Waals surface area contributed by atoms with Crippen LogP contribution >= 0.6 is 11.3 Å². The zero-order valence-corrected chi connectivity index (χ0v) is 14.4. The monoisotopic (exact) mass is 381 g/mol. The molecule has 0 radical (unpaired) electrons. The van der Waals surface area contributed by atoms with Crippen LogP contribution in [0, 0.1) is 0 Å². The quantitative estimate of drug-likeness (QED) is 0.751. The van der Waals surface area contributed by atoms with Crippen molar-refractivity contribution in [2.45, 2.75) is 19.5 Å². The van der Waals surface area contributed by atoms with Crippen LogP contribution in [0.3, 0.4) is 0 Å². The molecule has 0 saturated carbocycles. The van der Waals surface area contributed by atoms with Gasteiger partial charge in [-0.2, -0.15) is 13.2 Å². The van der Waals surface area contributed by atoms with Crippen LogP contribution in [0.2, 0.25) is 0 Å². The normalized spacial score (nSPS) is 11.7. The average Bonchev–Trinajstić information content (AvgIpc) is 3.12. The standard InChI is InChI=1S/C17H14F3N3O2S/c1-2-5-21-15(24)11-9-22-14-8-10(17(18,19)20)7-12(23(14)16(11)25)13-4-3-6-26-13/h3-4,6-9H,2,5H2,1H3,(H,21,24). The number of thiophene rings is 1. The van der Waals surface area contributed by atoms with Crippen LogP contribution < -0.4 is 10.9 Å². The van der Waals surface area contributed by atoms with E-state index in [1.165, 1.54) is 11.3 Å². The fourth-order valence-corrected chi connectivity index (χ4v) is 3.19. The summed E-state index contributed by atoms with van der Waals surface area (Å²) in [5, 5.41) is 4.27. The Morgan fingerprint density at radius 1 is 1.35 bits per heavy atom. The van der Waals surface area contributed by atoms with E-state index in [1.807, 2.05) is 6.92 Å². The molecule has 136 valence electrons.